The van der Waals surface area contributed by atoms with Gasteiger partial charge >= 0.3 is 25.7 Å². The van der Waals surface area contributed by atoms with Gasteiger partial charge in [0.2, 0.25) is 0 Å². The van der Waals surface area contributed by atoms with E-state index in [9.17, 15) is 0 Å². The molecule has 0 aliphatic rings. The van der Waals surface area contributed by atoms with Crippen molar-refractivity contribution in [3.8, 4) is 0 Å². The predicted molar refractivity (Wildman–Crippen MR) is 158 cm³/mol. The Bertz CT molecular complexity index is 964. The Balaban J connectivity index is 2.06. The van der Waals surface area contributed by atoms with E-state index in [-0.39, 0.29) is 0 Å². The third-order valence-electron chi connectivity index (χ3n) is 5.37. The summed E-state index contributed by atoms with van der Waals surface area (Å²) in [5.41, 5.74) is 0. The second kappa shape index (κ2) is 11.3. The molecule has 0 saturated carbocycles. The van der Waals surface area contributed by atoms with Crippen LogP contribution in [0.3, 0.4) is 0 Å². The minimum Gasteiger partial charge on any atom is -0.437 e. The highest BCUT2D eigenvalue weighted by Crippen LogP contribution is 2.25. The van der Waals surface area contributed by atoms with Crippen molar-refractivity contribution in [3.63, 3.8) is 0 Å². The molecule has 0 atom stereocenters. The highest BCUT2D eigenvalue weighted by Gasteiger charge is 2.50. The molecular formula is C26H39O4Si5. The topological polar surface area (TPSA) is 36.9 Å². The Labute approximate surface area is 217 Å². The average molecular weight is 556 g/mol. The molecule has 3 aromatic rings. The summed E-state index contributed by atoms with van der Waals surface area (Å²) in [5.74, 6) is 0. The highest BCUT2D eigenvalue weighted by atomic mass is 28.5. The summed E-state index contributed by atoms with van der Waals surface area (Å²) < 4.78 is 27.2. The molecule has 0 aromatic heterocycles. The second-order valence-electron chi connectivity index (χ2n) is 10.3. The molecule has 0 fully saturated rings. The number of rotatable bonds is 11. The minimum absolute atomic E-state index is 0.851. The zero-order chi connectivity index (χ0) is 25.7. The van der Waals surface area contributed by atoms with E-state index in [1.807, 2.05) is 0 Å². The monoisotopic (exact) mass is 555 g/mol. The Kier molecular flexibility index (Phi) is 9.11. The molecule has 0 aliphatic heterocycles. The summed E-state index contributed by atoms with van der Waals surface area (Å²) in [4.78, 5) is 0. The van der Waals surface area contributed by atoms with E-state index in [1.165, 1.54) is 15.6 Å². The van der Waals surface area contributed by atoms with Crippen LogP contribution in [-0.4, -0.2) is 43.0 Å². The number of benzene rings is 3. The third-order valence-corrected chi connectivity index (χ3v) is 23.5. The van der Waals surface area contributed by atoms with Crippen molar-refractivity contribution in [2.45, 2.75) is 52.4 Å². The van der Waals surface area contributed by atoms with Crippen LogP contribution >= 0.6 is 0 Å². The van der Waals surface area contributed by atoms with Gasteiger partial charge in [-0.2, -0.15) is 0 Å². The van der Waals surface area contributed by atoms with E-state index in [4.69, 9.17) is 16.5 Å². The first-order valence-electron chi connectivity index (χ1n) is 12.1. The maximum Gasteiger partial charge on any atom is 0.314 e. The van der Waals surface area contributed by atoms with Crippen molar-refractivity contribution in [3.05, 3.63) is 91.0 Å². The van der Waals surface area contributed by atoms with E-state index in [0.717, 1.165) is 0 Å². The summed E-state index contributed by atoms with van der Waals surface area (Å²) in [5, 5.41) is 3.64. The molecule has 0 unspecified atom stereocenters. The fourth-order valence-electron chi connectivity index (χ4n) is 4.80. The van der Waals surface area contributed by atoms with Crippen LogP contribution < -0.4 is 15.6 Å². The van der Waals surface area contributed by atoms with E-state index in [1.54, 1.807) is 0 Å². The molecule has 3 rings (SSSR count). The molecule has 9 heteroatoms. The molecule has 187 valence electrons. The van der Waals surface area contributed by atoms with Gasteiger partial charge in [0.1, 0.15) is 0 Å². The smallest absolute Gasteiger partial charge is 0.314 e. The van der Waals surface area contributed by atoms with Crippen molar-refractivity contribution in [2.24, 2.45) is 0 Å². The molecule has 4 nitrogen and oxygen atoms in total. The highest BCUT2D eigenvalue weighted by molar-refractivity contribution is 7.10. The lowest BCUT2D eigenvalue weighted by molar-refractivity contribution is 0.304. The standard InChI is InChI=1S/C26H39O4Si5/c1-31(2)27-32(3,4)28-33(5,6)29-34(7,8)30-35(24-18-12-9-13-19-24,25-20-14-10-15-21-25)26-22-16-11-17-23-26/h9-23H,1-8H3. The van der Waals surface area contributed by atoms with E-state index in [2.05, 4.69) is 143 Å². The average Bonchev–Trinajstić information content (AvgIpc) is 2.76. The first kappa shape index (κ1) is 28.2. The van der Waals surface area contributed by atoms with Gasteiger partial charge in [0.25, 0.3) is 8.32 Å². The molecule has 35 heavy (non-hydrogen) atoms. The van der Waals surface area contributed by atoms with E-state index < -0.39 is 43.0 Å². The van der Waals surface area contributed by atoms with Crippen LogP contribution in [0.25, 0.3) is 0 Å². The SMILES string of the molecule is C[Si](C)O[Si](C)(C)O[Si](C)(C)O[Si](C)(C)O[Si](c1ccccc1)(c1ccccc1)c1ccccc1. The maximum absolute atomic E-state index is 7.41. The van der Waals surface area contributed by atoms with Gasteiger partial charge in [-0.1, -0.05) is 91.0 Å². The fraction of sp³-hybridized carbons (Fsp3) is 0.308. The normalized spacial score (nSPS) is 13.3. The Morgan fingerprint density at radius 1 is 0.457 bits per heavy atom. The van der Waals surface area contributed by atoms with Crippen LogP contribution in [0.15, 0.2) is 91.0 Å². The van der Waals surface area contributed by atoms with Crippen molar-refractivity contribution >= 4 is 58.6 Å². The molecule has 0 bridgehead atoms. The van der Waals surface area contributed by atoms with Gasteiger partial charge in [-0.25, -0.2) is 0 Å². The zero-order valence-electron chi connectivity index (χ0n) is 22.3. The van der Waals surface area contributed by atoms with E-state index in [0.29, 0.717) is 0 Å². The summed E-state index contributed by atoms with van der Waals surface area (Å²) in [6, 6.07) is 32.0. The molecule has 0 heterocycles. The molecule has 0 spiro atoms. The summed E-state index contributed by atoms with van der Waals surface area (Å²) in [7, 11) is -11.2. The quantitative estimate of drug-likeness (QED) is 0.244. The van der Waals surface area contributed by atoms with Gasteiger partial charge in [0, 0.05) is 0 Å². The second-order valence-corrected chi connectivity index (χ2v) is 26.9. The lowest BCUT2D eigenvalue weighted by atomic mass is 10.3. The first-order valence-corrected chi connectivity index (χ1v) is 24.9. The van der Waals surface area contributed by atoms with Gasteiger partial charge in [-0.3, -0.25) is 0 Å². The van der Waals surface area contributed by atoms with E-state index >= 15 is 0 Å². The van der Waals surface area contributed by atoms with Gasteiger partial charge < -0.3 is 16.5 Å². The van der Waals surface area contributed by atoms with Crippen LogP contribution in [0.5, 0.6) is 0 Å². The van der Waals surface area contributed by atoms with Gasteiger partial charge in [0.05, 0.1) is 0 Å². The van der Waals surface area contributed by atoms with Crippen LogP contribution in [0.1, 0.15) is 0 Å². The van der Waals surface area contributed by atoms with Crippen molar-refractivity contribution < 1.29 is 16.5 Å². The van der Waals surface area contributed by atoms with Crippen molar-refractivity contribution in [2.75, 3.05) is 0 Å². The summed E-state index contributed by atoms with van der Waals surface area (Å²) >= 11 is 0. The lowest BCUT2D eigenvalue weighted by Crippen LogP contribution is -2.73. The van der Waals surface area contributed by atoms with Crippen molar-refractivity contribution in [1.29, 1.82) is 0 Å². The lowest BCUT2D eigenvalue weighted by Gasteiger charge is -2.43. The minimum atomic E-state index is -2.86. The third kappa shape index (κ3) is 7.54. The van der Waals surface area contributed by atoms with Crippen LogP contribution in [-0.2, 0) is 16.5 Å². The largest absolute Gasteiger partial charge is 0.437 e. The summed E-state index contributed by atoms with van der Waals surface area (Å²) in [6.45, 7) is 17.1. The van der Waals surface area contributed by atoms with Gasteiger partial charge in [0.15, 0.2) is 9.04 Å². The Morgan fingerprint density at radius 2 is 0.771 bits per heavy atom. The molecular weight excluding hydrogens is 517 g/mol. The molecule has 0 saturated heterocycles. The molecule has 0 N–H and O–H groups in total. The van der Waals surface area contributed by atoms with Gasteiger partial charge in [-0.05, 0) is 67.9 Å². The Morgan fingerprint density at radius 3 is 1.11 bits per heavy atom. The predicted octanol–water partition coefficient (Wildman–Crippen LogP) is 5.08. The van der Waals surface area contributed by atoms with Crippen LogP contribution in [0, 0.1) is 0 Å². The van der Waals surface area contributed by atoms with Gasteiger partial charge in [-0.15, -0.1) is 0 Å². The molecule has 0 aliphatic carbocycles. The molecule has 3 aromatic carbocycles. The van der Waals surface area contributed by atoms with Crippen LogP contribution in [0.4, 0.5) is 0 Å². The summed E-state index contributed by atoms with van der Waals surface area (Å²) in [6.07, 6.45) is 0. The molecule has 1 radical (unpaired) electrons. The number of hydrogen-bond acceptors (Lipinski definition) is 4. The number of hydrogen-bond donors (Lipinski definition) is 0. The zero-order valence-corrected chi connectivity index (χ0v) is 27.3. The first-order chi connectivity index (χ1) is 16.4. The molecule has 0 amide bonds. The Hall–Kier alpha value is -1.42. The maximum atomic E-state index is 7.41. The van der Waals surface area contributed by atoms with Crippen LogP contribution in [0.2, 0.25) is 52.4 Å². The fourth-order valence-corrected chi connectivity index (χ4v) is 27.2. The van der Waals surface area contributed by atoms with Crippen molar-refractivity contribution in [1.82, 2.24) is 0 Å².